The third-order valence-electron chi connectivity index (χ3n) is 6.03. The first kappa shape index (κ1) is 19.1. The largest absolute Gasteiger partial charge is 0.256 e. The normalized spacial score (nSPS) is 11.7. The zero-order valence-electron chi connectivity index (χ0n) is 17.9. The molecule has 4 heteroatoms. The number of aromatic nitrogens is 3. The quantitative estimate of drug-likeness (QED) is 0.286. The van der Waals surface area contributed by atoms with Crippen molar-refractivity contribution in [1.29, 1.82) is 0 Å². The molecule has 0 aliphatic heterocycles. The third-order valence-corrected chi connectivity index (χ3v) is 7.33. The van der Waals surface area contributed by atoms with E-state index in [1.807, 2.05) is 35.7 Å². The summed E-state index contributed by atoms with van der Waals surface area (Å²) in [6.45, 7) is 4.52. The molecule has 6 aromatic rings. The van der Waals surface area contributed by atoms with Crippen LogP contribution >= 0.6 is 11.3 Å². The highest BCUT2D eigenvalue weighted by Crippen LogP contribution is 2.43. The van der Waals surface area contributed by atoms with Crippen molar-refractivity contribution in [3.05, 3.63) is 90.9 Å². The highest BCUT2D eigenvalue weighted by atomic mass is 32.1. The first-order chi connectivity index (χ1) is 15.7. The number of fused-ring (bicyclic) bond motifs is 4. The SMILES string of the molecule is CC(C)c1cccc2c1sc1c(-c3ncnc4cc(-c5ccccn5)ccc34)cccc12. The van der Waals surface area contributed by atoms with Gasteiger partial charge in [-0.2, -0.15) is 0 Å². The molecular formula is C28H21N3S. The molecule has 0 unspecified atom stereocenters. The summed E-state index contributed by atoms with van der Waals surface area (Å²) in [7, 11) is 0. The minimum atomic E-state index is 0.486. The van der Waals surface area contributed by atoms with Crippen molar-refractivity contribution in [3.63, 3.8) is 0 Å². The van der Waals surface area contributed by atoms with Crippen LogP contribution in [0.1, 0.15) is 25.3 Å². The van der Waals surface area contributed by atoms with Crippen LogP contribution in [0.25, 0.3) is 53.6 Å². The molecule has 3 aromatic heterocycles. The highest BCUT2D eigenvalue weighted by Gasteiger charge is 2.16. The van der Waals surface area contributed by atoms with Crippen LogP contribution in [-0.2, 0) is 0 Å². The maximum absolute atomic E-state index is 4.74. The molecule has 3 aromatic carbocycles. The first-order valence-corrected chi connectivity index (χ1v) is 11.6. The van der Waals surface area contributed by atoms with E-state index in [0.717, 1.165) is 33.4 Å². The van der Waals surface area contributed by atoms with Gasteiger partial charge >= 0.3 is 0 Å². The van der Waals surface area contributed by atoms with E-state index < -0.39 is 0 Å². The molecule has 0 N–H and O–H groups in total. The van der Waals surface area contributed by atoms with Crippen molar-refractivity contribution in [2.45, 2.75) is 19.8 Å². The summed E-state index contributed by atoms with van der Waals surface area (Å²) < 4.78 is 2.66. The van der Waals surface area contributed by atoms with Gasteiger partial charge in [-0.15, -0.1) is 11.3 Å². The van der Waals surface area contributed by atoms with E-state index in [2.05, 4.69) is 78.4 Å². The predicted octanol–water partition coefficient (Wildman–Crippen LogP) is 7.85. The van der Waals surface area contributed by atoms with Crippen molar-refractivity contribution < 1.29 is 0 Å². The van der Waals surface area contributed by atoms with Gasteiger partial charge in [0, 0.05) is 42.9 Å². The van der Waals surface area contributed by atoms with Gasteiger partial charge < -0.3 is 0 Å². The number of thiophene rings is 1. The summed E-state index contributed by atoms with van der Waals surface area (Å²) in [6.07, 6.45) is 3.49. The van der Waals surface area contributed by atoms with Crippen molar-refractivity contribution in [2.75, 3.05) is 0 Å². The average molecular weight is 432 g/mol. The van der Waals surface area contributed by atoms with Gasteiger partial charge in [0.1, 0.15) is 6.33 Å². The Morgan fingerprint density at radius 3 is 2.38 bits per heavy atom. The maximum atomic E-state index is 4.74. The summed E-state index contributed by atoms with van der Waals surface area (Å²) in [4.78, 5) is 13.8. The average Bonchev–Trinajstić information content (AvgIpc) is 3.23. The fourth-order valence-electron chi connectivity index (χ4n) is 4.45. The fourth-order valence-corrected chi connectivity index (χ4v) is 5.92. The Labute approximate surface area is 190 Å². The van der Waals surface area contributed by atoms with E-state index in [1.165, 1.54) is 25.7 Å². The minimum absolute atomic E-state index is 0.486. The van der Waals surface area contributed by atoms with Crippen LogP contribution in [0.5, 0.6) is 0 Å². The molecule has 0 spiro atoms. The van der Waals surface area contributed by atoms with Crippen molar-refractivity contribution >= 4 is 42.4 Å². The molecule has 6 rings (SSSR count). The highest BCUT2D eigenvalue weighted by molar-refractivity contribution is 7.26. The van der Waals surface area contributed by atoms with Gasteiger partial charge in [-0.1, -0.05) is 62.4 Å². The van der Waals surface area contributed by atoms with Gasteiger partial charge in [0.05, 0.1) is 16.9 Å². The van der Waals surface area contributed by atoms with Crippen molar-refractivity contribution in [1.82, 2.24) is 15.0 Å². The summed E-state index contributed by atoms with van der Waals surface area (Å²) in [5, 5.41) is 3.68. The van der Waals surface area contributed by atoms with E-state index in [1.54, 1.807) is 6.33 Å². The number of hydrogen-bond donors (Lipinski definition) is 0. The van der Waals surface area contributed by atoms with Gasteiger partial charge in [-0.25, -0.2) is 9.97 Å². The monoisotopic (exact) mass is 431 g/mol. The summed E-state index contributed by atoms with van der Waals surface area (Å²) >= 11 is 1.88. The summed E-state index contributed by atoms with van der Waals surface area (Å²) in [6, 6.07) is 25.5. The van der Waals surface area contributed by atoms with Gasteiger partial charge in [0.15, 0.2) is 0 Å². The number of pyridine rings is 1. The molecular weight excluding hydrogens is 410 g/mol. The second kappa shape index (κ2) is 7.50. The van der Waals surface area contributed by atoms with E-state index in [9.17, 15) is 0 Å². The maximum Gasteiger partial charge on any atom is 0.116 e. The minimum Gasteiger partial charge on any atom is -0.256 e. The van der Waals surface area contributed by atoms with E-state index in [-0.39, 0.29) is 0 Å². The Hall–Kier alpha value is -3.63. The molecule has 0 fully saturated rings. The number of benzene rings is 3. The molecule has 154 valence electrons. The number of nitrogens with zero attached hydrogens (tertiary/aromatic N) is 3. The molecule has 0 saturated carbocycles. The Balaban J connectivity index is 1.59. The molecule has 0 radical (unpaired) electrons. The molecule has 0 bridgehead atoms. The van der Waals surface area contributed by atoms with Crippen molar-refractivity contribution in [3.8, 4) is 22.5 Å². The van der Waals surface area contributed by atoms with E-state index in [0.29, 0.717) is 5.92 Å². The van der Waals surface area contributed by atoms with Crippen LogP contribution in [0, 0.1) is 0 Å². The van der Waals surface area contributed by atoms with Gasteiger partial charge in [0.2, 0.25) is 0 Å². The molecule has 3 heterocycles. The van der Waals surface area contributed by atoms with Crippen LogP contribution in [0.15, 0.2) is 85.3 Å². The van der Waals surface area contributed by atoms with Crippen LogP contribution in [-0.4, -0.2) is 15.0 Å². The Morgan fingerprint density at radius 2 is 1.56 bits per heavy atom. The van der Waals surface area contributed by atoms with Crippen LogP contribution < -0.4 is 0 Å². The molecule has 0 atom stereocenters. The lowest BCUT2D eigenvalue weighted by Gasteiger charge is -2.08. The molecule has 0 saturated heterocycles. The zero-order valence-corrected chi connectivity index (χ0v) is 18.7. The molecule has 3 nitrogen and oxygen atoms in total. The number of rotatable bonds is 3. The Morgan fingerprint density at radius 1 is 0.719 bits per heavy atom. The van der Waals surface area contributed by atoms with E-state index in [4.69, 9.17) is 4.98 Å². The number of hydrogen-bond acceptors (Lipinski definition) is 4. The Bertz CT molecular complexity index is 1600. The fraction of sp³-hybridized carbons (Fsp3) is 0.107. The molecule has 0 aliphatic carbocycles. The predicted molar refractivity (Wildman–Crippen MR) is 135 cm³/mol. The third kappa shape index (κ3) is 2.99. The standard InChI is InChI=1S/C28H21N3S/c1-17(2)19-7-5-8-20-21-9-6-10-23(28(21)32-27(19)20)26-22-13-12-18(15-25(22)30-16-31-26)24-11-3-4-14-29-24/h3-17H,1-2H3. The van der Waals surface area contributed by atoms with Crippen molar-refractivity contribution in [2.24, 2.45) is 0 Å². The van der Waals surface area contributed by atoms with Crippen LogP contribution in [0.2, 0.25) is 0 Å². The van der Waals surface area contributed by atoms with Crippen LogP contribution in [0.4, 0.5) is 0 Å². The summed E-state index contributed by atoms with van der Waals surface area (Å²) in [5.41, 5.74) is 6.48. The van der Waals surface area contributed by atoms with Gasteiger partial charge in [0.25, 0.3) is 0 Å². The molecule has 0 amide bonds. The lowest BCUT2D eigenvalue weighted by Crippen LogP contribution is -1.90. The van der Waals surface area contributed by atoms with Crippen LogP contribution in [0.3, 0.4) is 0 Å². The smallest absolute Gasteiger partial charge is 0.116 e. The lowest BCUT2D eigenvalue weighted by atomic mass is 9.99. The van der Waals surface area contributed by atoms with Gasteiger partial charge in [-0.05, 0) is 35.7 Å². The zero-order chi connectivity index (χ0) is 21.7. The first-order valence-electron chi connectivity index (χ1n) is 10.8. The Kier molecular flexibility index (Phi) is 4.47. The topological polar surface area (TPSA) is 38.7 Å². The van der Waals surface area contributed by atoms with E-state index >= 15 is 0 Å². The molecule has 0 aliphatic rings. The lowest BCUT2D eigenvalue weighted by molar-refractivity contribution is 0.878. The second-order valence-electron chi connectivity index (χ2n) is 8.33. The second-order valence-corrected chi connectivity index (χ2v) is 9.35. The molecule has 32 heavy (non-hydrogen) atoms. The summed E-state index contributed by atoms with van der Waals surface area (Å²) in [5.74, 6) is 0.486. The van der Waals surface area contributed by atoms with Gasteiger partial charge in [-0.3, -0.25) is 4.98 Å².